The van der Waals surface area contributed by atoms with Crippen LogP contribution in [0.3, 0.4) is 0 Å². The van der Waals surface area contributed by atoms with Crippen molar-refractivity contribution in [2.45, 2.75) is 13.1 Å². The summed E-state index contributed by atoms with van der Waals surface area (Å²) in [4.78, 5) is 13.5. The van der Waals surface area contributed by atoms with Crippen LogP contribution in [0.2, 0.25) is 0 Å². The minimum absolute atomic E-state index is 0.180. The second-order valence-electron chi connectivity index (χ2n) is 5.86. The van der Waals surface area contributed by atoms with E-state index in [1.165, 1.54) is 9.80 Å². The average molecular weight is 303 g/mol. The number of nitro groups is 1. The van der Waals surface area contributed by atoms with Crippen molar-refractivity contribution in [3.63, 3.8) is 0 Å². The van der Waals surface area contributed by atoms with Crippen LogP contribution < -0.4 is 9.80 Å². The molecule has 6 nitrogen and oxygen atoms in total. The summed E-state index contributed by atoms with van der Waals surface area (Å²) in [6.07, 6.45) is 1.72. The van der Waals surface area contributed by atoms with Crippen LogP contribution in [0.4, 0.5) is 5.69 Å². The maximum atomic E-state index is 10.8. The van der Waals surface area contributed by atoms with Crippen LogP contribution in [0.25, 0.3) is 0 Å². The van der Waals surface area contributed by atoms with E-state index in [4.69, 9.17) is 4.42 Å². The maximum Gasteiger partial charge on any atom is 0.269 e. The zero-order valence-corrected chi connectivity index (χ0v) is 12.5. The van der Waals surface area contributed by atoms with Crippen molar-refractivity contribution in [2.24, 2.45) is 0 Å². The van der Waals surface area contributed by atoms with E-state index in [-0.39, 0.29) is 10.6 Å². The van der Waals surface area contributed by atoms with Crippen LogP contribution in [0.15, 0.2) is 47.1 Å². The lowest BCUT2D eigenvalue weighted by Crippen LogP contribution is -3.27. The van der Waals surface area contributed by atoms with Crippen LogP contribution in [0, 0.1) is 10.1 Å². The molecule has 6 heteroatoms. The molecule has 1 fully saturated rings. The minimum Gasteiger partial charge on any atom is -0.463 e. The van der Waals surface area contributed by atoms with Gasteiger partial charge in [-0.1, -0.05) is 12.1 Å². The highest BCUT2D eigenvalue weighted by Gasteiger charge is 2.24. The van der Waals surface area contributed by atoms with Crippen LogP contribution in [0.1, 0.15) is 11.3 Å². The topological polar surface area (TPSA) is 65.2 Å². The summed E-state index contributed by atoms with van der Waals surface area (Å²) < 4.78 is 5.40. The van der Waals surface area contributed by atoms with E-state index >= 15 is 0 Å². The van der Waals surface area contributed by atoms with Gasteiger partial charge in [-0.15, -0.1) is 0 Å². The molecule has 2 aromatic rings. The number of hydrogen-bond acceptors (Lipinski definition) is 3. The van der Waals surface area contributed by atoms with Gasteiger partial charge in [-0.2, -0.15) is 0 Å². The van der Waals surface area contributed by atoms with Gasteiger partial charge in [-0.25, -0.2) is 0 Å². The quantitative estimate of drug-likeness (QED) is 0.587. The second-order valence-corrected chi connectivity index (χ2v) is 5.86. The van der Waals surface area contributed by atoms with Crippen LogP contribution in [0.5, 0.6) is 0 Å². The molecule has 1 saturated heterocycles. The van der Waals surface area contributed by atoms with E-state index in [2.05, 4.69) is 0 Å². The van der Waals surface area contributed by atoms with E-state index in [1.807, 2.05) is 18.2 Å². The van der Waals surface area contributed by atoms with Gasteiger partial charge in [-0.3, -0.25) is 10.1 Å². The van der Waals surface area contributed by atoms with E-state index in [1.54, 1.807) is 24.5 Å². The molecule has 0 spiro atoms. The number of quaternary nitrogens is 2. The molecule has 1 aromatic heterocycles. The van der Waals surface area contributed by atoms with Crippen molar-refractivity contribution in [2.75, 3.05) is 26.2 Å². The summed E-state index contributed by atoms with van der Waals surface area (Å²) in [6.45, 7) is 6.17. The lowest BCUT2D eigenvalue weighted by molar-refractivity contribution is -1.02. The number of piperazine rings is 1. The van der Waals surface area contributed by atoms with Crippen LogP contribution in [-0.4, -0.2) is 31.1 Å². The number of non-ortho nitro benzene ring substituents is 1. The van der Waals surface area contributed by atoms with Gasteiger partial charge in [0.1, 0.15) is 39.3 Å². The van der Waals surface area contributed by atoms with Crippen molar-refractivity contribution in [1.29, 1.82) is 0 Å². The molecule has 1 aliphatic heterocycles. The first kappa shape index (κ1) is 14.7. The molecule has 2 N–H and O–H groups in total. The number of furan rings is 1. The van der Waals surface area contributed by atoms with Crippen molar-refractivity contribution in [3.05, 3.63) is 64.1 Å². The Labute approximate surface area is 129 Å². The first-order chi connectivity index (χ1) is 10.7. The Hall–Kier alpha value is -2.18. The number of nitro benzene ring substituents is 1. The lowest BCUT2D eigenvalue weighted by Gasteiger charge is -2.29. The summed E-state index contributed by atoms with van der Waals surface area (Å²) in [6, 6.07) is 10.9. The SMILES string of the molecule is O=[N+]([O-])c1cccc(C[NH+]2CC[NH+](Cc3ccco3)CC2)c1. The summed E-state index contributed by atoms with van der Waals surface area (Å²) in [7, 11) is 0. The molecule has 1 aliphatic rings. The Bertz CT molecular complexity index is 619. The number of hydrogen-bond donors (Lipinski definition) is 2. The molecular formula is C16H21N3O3+2. The van der Waals surface area contributed by atoms with Crippen molar-refractivity contribution >= 4 is 5.69 Å². The van der Waals surface area contributed by atoms with E-state index < -0.39 is 0 Å². The van der Waals surface area contributed by atoms with Gasteiger partial charge in [0.05, 0.1) is 11.2 Å². The molecule has 0 unspecified atom stereocenters. The number of nitrogens with one attached hydrogen (secondary N) is 2. The average Bonchev–Trinajstić information content (AvgIpc) is 3.02. The first-order valence-electron chi connectivity index (χ1n) is 7.63. The number of nitrogens with zero attached hydrogens (tertiary/aromatic N) is 1. The summed E-state index contributed by atoms with van der Waals surface area (Å²) in [5.74, 6) is 1.04. The van der Waals surface area contributed by atoms with E-state index in [0.717, 1.165) is 50.6 Å². The molecule has 0 aliphatic carbocycles. The minimum atomic E-state index is -0.329. The van der Waals surface area contributed by atoms with Crippen LogP contribution >= 0.6 is 0 Å². The highest BCUT2D eigenvalue weighted by atomic mass is 16.6. The standard InChI is InChI=1S/C16H19N3O3/c20-19(21)15-4-1-3-14(11-15)12-17-6-8-18(9-7-17)13-16-5-2-10-22-16/h1-5,10-11H,6-9,12-13H2/p+2. The van der Waals surface area contributed by atoms with Gasteiger partial charge < -0.3 is 14.2 Å². The van der Waals surface area contributed by atoms with Gasteiger partial charge in [0, 0.05) is 17.7 Å². The van der Waals surface area contributed by atoms with Gasteiger partial charge in [0.15, 0.2) is 5.76 Å². The first-order valence-corrected chi connectivity index (χ1v) is 7.63. The summed E-state index contributed by atoms with van der Waals surface area (Å²) >= 11 is 0. The van der Waals surface area contributed by atoms with E-state index in [0.29, 0.717) is 0 Å². The Morgan fingerprint density at radius 3 is 2.41 bits per heavy atom. The van der Waals surface area contributed by atoms with Gasteiger partial charge in [0.25, 0.3) is 5.69 Å². The zero-order valence-electron chi connectivity index (χ0n) is 12.5. The Kier molecular flexibility index (Phi) is 4.50. The fourth-order valence-electron chi connectivity index (χ4n) is 3.04. The van der Waals surface area contributed by atoms with Crippen molar-refractivity contribution in [1.82, 2.24) is 0 Å². The van der Waals surface area contributed by atoms with Crippen molar-refractivity contribution < 1.29 is 19.1 Å². The van der Waals surface area contributed by atoms with Crippen LogP contribution in [-0.2, 0) is 13.1 Å². The predicted molar refractivity (Wildman–Crippen MR) is 80.6 cm³/mol. The molecular weight excluding hydrogens is 282 g/mol. The largest absolute Gasteiger partial charge is 0.463 e. The highest BCUT2D eigenvalue weighted by molar-refractivity contribution is 5.33. The Morgan fingerprint density at radius 2 is 1.77 bits per heavy atom. The Morgan fingerprint density at radius 1 is 1.05 bits per heavy atom. The lowest BCUT2D eigenvalue weighted by atomic mass is 10.1. The highest BCUT2D eigenvalue weighted by Crippen LogP contribution is 2.12. The zero-order chi connectivity index (χ0) is 15.4. The fourth-order valence-corrected chi connectivity index (χ4v) is 3.04. The fraction of sp³-hybridized carbons (Fsp3) is 0.375. The molecule has 0 radical (unpaired) electrons. The molecule has 116 valence electrons. The smallest absolute Gasteiger partial charge is 0.269 e. The molecule has 0 saturated carbocycles. The van der Waals surface area contributed by atoms with Gasteiger partial charge in [0.2, 0.25) is 0 Å². The molecule has 22 heavy (non-hydrogen) atoms. The normalized spacial score (nSPS) is 21.6. The maximum absolute atomic E-state index is 10.8. The molecule has 0 bridgehead atoms. The summed E-state index contributed by atoms with van der Waals surface area (Å²) in [5, 5.41) is 10.8. The molecule has 0 atom stereocenters. The third-order valence-corrected chi connectivity index (χ3v) is 4.24. The van der Waals surface area contributed by atoms with Crippen molar-refractivity contribution in [3.8, 4) is 0 Å². The second kappa shape index (κ2) is 6.72. The number of benzene rings is 1. The Balaban J connectivity index is 1.51. The third-order valence-electron chi connectivity index (χ3n) is 4.24. The predicted octanol–water partition coefficient (Wildman–Crippen LogP) is -0.329. The number of rotatable bonds is 5. The molecule has 0 amide bonds. The van der Waals surface area contributed by atoms with Gasteiger partial charge >= 0.3 is 0 Å². The molecule has 1 aromatic carbocycles. The van der Waals surface area contributed by atoms with Gasteiger partial charge in [-0.05, 0) is 12.1 Å². The third kappa shape index (κ3) is 3.72. The molecule has 2 heterocycles. The monoisotopic (exact) mass is 303 g/mol. The summed E-state index contributed by atoms with van der Waals surface area (Å²) in [5.41, 5.74) is 1.22. The van der Waals surface area contributed by atoms with E-state index in [9.17, 15) is 10.1 Å². The molecule has 3 rings (SSSR count).